The Morgan fingerprint density at radius 2 is 2.05 bits per heavy atom. The molecule has 2 aromatic heterocycles. The van der Waals surface area contributed by atoms with E-state index in [1.165, 1.54) is 54.8 Å². The first-order valence-electron chi connectivity index (χ1n) is 7.15. The van der Waals surface area contributed by atoms with Crippen LogP contribution in [0.2, 0.25) is 0 Å². The summed E-state index contributed by atoms with van der Waals surface area (Å²) in [6.45, 7) is 0. The fourth-order valence-corrected chi connectivity index (χ4v) is 3.79. The summed E-state index contributed by atoms with van der Waals surface area (Å²) in [6, 6.07) is 0.542. The van der Waals surface area contributed by atoms with Crippen LogP contribution in [0, 0.1) is 0 Å². The maximum atomic E-state index is 12.1. The van der Waals surface area contributed by atoms with Gasteiger partial charge >= 0.3 is 0 Å². The number of carbonyl (C=O) groups excluding carboxylic acids is 1. The highest BCUT2D eigenvalue weighted by Crippen LogP contribution is 2.38. The normalized spacial score (nSPS) is 18.3. The Balaban J connectivity index is 1.39. The van der Waals surface area contributed by atoms with Crippen LogP contribution >= 0.6 is 22.7 Å². The molecule has 6 nitrogen and oxygen atoms in total. The number of thiazole rings is 1. The van der Waals surface area contributed by atoms with Crippen molar-refractivity contribution in [1.82, 2.24) is 15.2 Å². The zero-order valence-corrected chi connectivity index (χ0v) is 13.0. The van der Waals surface area contributed by atoms with E-state index in [1.807, 2.05) is 0 Å². The van der Waals surface area contributed by atoms with Gasteiger partial charge in [-0.1, -0.05) is 17.8 Å². The third-order valence-electron chi connectivity index (χ3n) is 3.76. The van der Waals surface area contributed by atoms with Gasteiger partial charge < -0.3 is 5.32 Å². The number of amides is 1. The Bertz CT molecular complexity index is 659. The maximum Gasteiger partial charge on any atom is 0.277 e. The lowest BCUT2D eigenvalue weighted by Gasteiger charge is -2.21. The van der Waals surface area contributed by atoms with Gasteiger partial charge in [-0.3, -0.25) is 10.1 Å². The van der Waals surface area contributed by atoms with Gasteiger partial charge in [-0.25, -0.2) is 4.98 Å². The fourth-order valence-electron chi connectivity index (χ4n) is 2.11. The van der Waals surface area contributed by atoms with Gasteiger partial charge in [0.1, 0.15) is 10.7 Å². The molecule has 2 aliphatic rings. The molecule has 1 amide bonds. The molecule has 0 saturated heterocycles. The van der Waals surface area contributed by atoms with Gasteiger partial charge in [-0.15, -0.1) is 21.5 Å². The second kappa shape index (κ2) is 5.34. The molecule has 110 valence electrons. The van der Waals surface area contributed by atoms with Crippen molar-refractivity contribution in [3.8, 4) is 0 Å². The van der Waals surface area contributed by atoms with E-state index in [0.717, 1.165) is 10.1 Å². The van der Waals surface area contributed by atoms with Crippen LogP contribution in [-0.2, 0) is 0 Å². The van der Waals surface area contributed by atoms with Crippen molar-refractivity contribution in [3.63, 3.8) is 0 Å². The van der Waals surface area contributed by atoms with Crippen molar-refractivity contribution < 1.29 is 4.79 Å². The largest absolute Gasteiger partial charge is 0.359 e. The molecule has 2 aromatic rings. The van der Waals surface area contributed by atoms with Crippen LogP contribution in [0.25, 0.3) is 0 Å². The standard InChI is InChI=1S/C13H15N5OS2/c19-10(9-6-20-12(15-9)14-8-4-5-8)16-13-18-17-11(21-13)7-2-1-3-7/h6-8H,1-5H2,(H,14,15)(H,16,18,19). The highest BCUT2D eigenvalue weighted by Gasteiger charge is 2.25. The molecule has 0 unspecified atom stereocenters. The van der Waals surface area contributed by atoms with E-state index in [4.69, 9.17) is 0 Å². The van der Waals surface area contributed by atoms with E-state index < -0.39 is 0 Å². The van der Waals surface area contributed by atoms with E-state index in [9.17, 15) is 4.79 Å². The first-order valence-corrected chi connectivity index (χ1v) is 8.84. The van der Waals surface area contributed by atoms with Crippen molar-refractivity contribution >= 4 is 38.8 Å². The molecule has 2 N–H and O–H groups in total. The van der Waals surface area contributed by atoms with E-state index in [1.54, 1.807) is 5.38 Å². The van der Waals surface area contributed by atoms with Gasteiger partial charge in [-0.2, -0.15) is 0 Å². The average molecular weight is 321 g/mol. The van der Waals surface area contributed by atoms with Gasteiger partial charge in [-0.05, 0) is 25.7 Å². The van der Waals surface area contributed by atoms with E-state index in [-0.39, 0.29) is 5.91 Å². The van der Waals surface area contributed by atoms with E-state index >= 15 is 0 Å². The Labute approximate surface area is 130 Å². The van der Waals surface area contributed by atoms with Crippen molar-refractivity contribution in [3.05, 3.63) is 16.1 Å². The monoisotopic (exact) mass is 321 g/mol. The Morgan fingerprint density at radius 1 is 1.19 bits per heavy atom. The smallest absolute Gasteiger partial charge is 0.277 e. The lowest BCUT2D eigenvalue weighted by molar-refractivity contribution is 0.102. The van der Waals surface area contributed by atoms with Gasteiger partial charge in [0.2, 0.25) is 5.13 Å². The van der Waals surface area contributed by atoms with Crippen LogP contribution < -0.4 is 10.6 Å². The lowest BCUT2D eigenvalue weighted by atomic mass is 9.86. The lowest BCUT2D eigenvalue weighted by Crippen LogP contribution is -2.12. The van der Waals surface area contributed by atoms with Crippen LogP contribution in [0.15, 0.2) is 5.38 Å². The average Bonchev–Trinajstić information content (AvgIpc) is 2.90. The predicted molar refractivity (Wildman–Crippen MR) is 83.2 cm³/mol. The van der Waals surface area contributed by atoms with Crippen LogP contribution in [0.5, 0.6) is 0 Å². The third kappa shape index (κ3) is 2.91. The van der Waals surface area contributed by atoms with Crippen LogP contribution in [0.1, 0.15) is 53.5 Å². The summed E-state index contributed by atoms with van der Waals surface area (Å²) >= 11 is 2.94. The third-order valence-corrected chi connectivity index (χ3v) is 5.53. The van der Waals surface area contributed by atoms with Crippen molar-refractivity contribution in [2.45, 2.75) is 44.1 Å². The number of nitrogens with one attached hydrogen (secondary N) is 2. The molecule has 2 fully saturated rings. The number of carbonyl (C=O) groups is 1. The number of aromatic nitrogens is 3. The Morgan fingerprint density at radius 3 is 2.76 bits per heavy atom. The summed E-state index contributed by atoms with van der Waals surface area (Å²) in [4.78, 5) is 16.4. The molecule has 0 atom stereocenters. The first kappa shape index (κ1) is 13.1. The molecule has 0 radical (unpaired) electrons. The minimum absolute atomic E-state index is 0.216. The zero-order valence-electron chi connectivity index (χ0n) is 11.3. The summed E-state index contributed by atoms with van der Waals surface area (Å²) in [5, 5.41) is 18.5. The summed E-state index contributed by atoms with van der Waals surface area (Å²) in [7, 11) is 0. The molecule has 21 heavy (non-hydrogen) atoms. The molecule has 4 rings (SSSR count). The topological polar surface area (TPSA) is 79.8 Å². The highest BCUT2D eigenvalue weighted by atomic mass is 32.1. The van der Waals surface area contributed by atoms with Gasteiger partial charge in [0.15, 0.2) is 5.13 Å². The molecule has 0 aliphatic heterocycles. The Kier molecular flexibility index (Phi) is 3.34. The molecule has 0 spiro atoms. The predicted octanol–water partition coefficient (Wildman–Crippen LogP) is 3.09. The second-order valence-corrected chi connectivity index (χ2v) is 7.35. The SMILES string of the molecule is O=C(Nc1nnc(C2CCC2)s1)c1csc(NC2CC2)n1. The van der Waals surface area contributed by atoms with Crippen LogP contribution in [0.3, 0.4) is 0 Å². The number of anilines is 2. The molecule has 2 heterocycles. The number of nitrogens with zero attached hydrogens (tertiary/aromatic N) is 3. The number of hydrogen-bond donors (Lipinski definition) is 2. The zero-order chi connectivity index (χ0) is 14.2. The van der Waals surface area contributed by atoms with Crippen molar-refractivity contribution in [2.24, 2.45) is 0 Å². The molecule has 2 aliphatic carbocycles. The molecule has 0 bridgehead atoms. The summed E-state index contributed by atoms with van der Waals surface area (Å²) in [6.07, 6.45) is 6.02. The first-order chi connectivity index (χ1) is 10.3. The molecular weight excluding hydrogens is 306 g/mol. The summed E-state index contributed by atoms with van der Waals surface area (Å²) in [5.74, 6) is 0.327. The second-order valence-electron chi connectivity index (χ2n) is 5.48. The molecule has 8 heteroatoms. The minimum atomic E-state index is -0.216. The summed E-state index contributed by atoms with van der Waals surface area (Å²) in [5.41, 5.74) is 0.434. The van der Waals surface area contributed by atoms with E-state index in [2.05, 4.69) is 25.8 Å². The fraction of sp³-hybridized carbons (Fsp3) is 0.538. The molecular formula is C13H15N5OS2. The van der Waals surface area contributed by atoms with E-state index in [0.29, 0.717) is 22.8 Å². The highest BCUT2D eigenvalue weighted by molar-refractivity contribution is 7.15. The molecule has 0 aromatic carbocycles. The van der Waals surface area contributed by atoms with Gasteiger partial charge in [0.05, 0.1) is 0 Å². The van der Waals surface area contributed by atoms with Gasteiger partial charge in [0.25, 0.3) is 5.91 Å². The number of hydrogen-bond acceptors (Lipinski definition) is 7. The number of rotatable bonds is 5. The van der Waals surface area contributed by atoms with Crippen molar-refractivity contribution in [1.29, 1.82) is 0 Å². The van der Waals surface area contributed by atoms with Crippen LogP contribution in [0.4, 0.5) is 10.3 Å². The van der Waals surface area contributed by atoms with Crippen molar-refractivity contribution in [2.75, 3.05) is 10.6 Å². The maximum absolute atomic E-state index is 12.1. The van der Waals surface area contributed by atoms with Gasteiger partial charge in [0, 0.05) is 17.3 Å². The summed E-state index contributed by atoms with van der Waals surface area (Å²) < 4.78 is 0. The Hall–Kier alpha value is -1.54. The van der Waals surface area contributed by atoms with Crippen LogP contribution in [-0.4, -0.2) is 27.1 Å². The molecule has 2 saturated carbocycles. The minimum Gasteiger partial charge on any atom is -0.359 e. The quantitative estimate of drug-likeness (QED) is 0.884.